The molecule has 1 heterocycles. The minimum Gasteiger partial charge on any atom is -0.456 e. The zero-order chi connectivity index (χ0) is 21.6. The second-order valence-electron chi connectivity index (χ2n) is 7.76. The van der Waals surface area contributed by atoms with Crippen LogP contribution in [-0.2, 0) is 27.2 Å². The van der Waals surface area contributed by atoms with Crippen LogP contribution in [0, 0.1) is 0 Å². The Morgan fingerprint density at radius 2 is 1.94 bits per heavy atom. The zero-order valence-corrected chi connectivity index (χ0v) is 17.2. The molecule has 0 aliphatic heterocycles. The fraction of sp³-hybridized carbons (Fsp3) is 0.333. The number of aromatic nitrogens is 2. The van der Waals surface area contributed by atoms with Crippen LogP contribution in [0.15, 0.2) is 53.3 Å². The maximum Gasteiger partial charge on any atom is 0.306 e. The van der Waals surface area contributed by atoms with Crippen LogP contribution in [0.5, 0.6) is 0 Å². The fourth-order valence-electron chi connectivity index (χ4n) is 4.01. The van der Waals surface area contributed by atoms with Gasteiger partial charge in [0.05, 0.1) is 16.9 Å². The van der Waals surface area contributed by atoms with E-state index in [1.807, 2.05) is 24.3 Å². The summed E-state index contributed by atoms with van der Waals surface area (Å²) in [4.78, 5) is 43.5. The average molecular weight is 419 g/mol. The molecular formula is C24H25N3O4. The molecule has 2 aromatic carbocycles. The number of aromatic amines is 1. The van der Waals surface area contributed by atoms with E-state index < -0.39 is 5.97 Å². The highest BCUT2D eigenvalue weighted by Crippen LogP contribution is 2.29. The number of ether oxygens (including phenoxy) is 1. The Kier molecular flexibility index (Phi) is 6.40. The van der Waals surface area contributed by atoms with Gasteiger partial charge in [-0.25, -0.2) is 4.98 Å². The number of fused-ring (bicyclic) bond motifs is 2. The van der Waals surface area contributed by atoms with Crippen molar-refractivity contribution in [3.63, 3.8) is 0 Å². The molecule has 1 aliphatic rings. The molecule has 0 spiro atoms. The molecule has 0 saturated heterocycles. The molecule has 0 bridgehead atoms. The van der Waals surface area contributed by atoms with E-state index in [2.05, 4.69) is 21.4 Å². The summed E-state index contributed by atoms with van der Waals surface area (Å²) in [5, 5.41) is 3.51. The van der Waals surface area contributed by atoms with Crippen molar-refractivity contribution in [3.8, 4) is 0 Å². The summed E-state index contributed by atoms with van der Waals surface area (Å²) in [6.45, 7) is -0.289. The van der Waals surface area contributed by atoms with E-state index in [1.165, 1.54) is 5.56 Å². The summed E-state index contributed by atoms with van der Waals surface area (Å²) >= 11 is 0. The van der Waals surface area contributed by atoms with Crippen molar-refractivity contribution in [2.45, 2.75) is 44.6 Å². The third kappa shape index (κ3) is 5.17. The summed E-state index contributed by atoms with van der Waals surface area (Å²) in [6.07, 6.45) is 3.99. The van der Waals surface area contributed by atoms with Crippen LogP contribution in [-0.4, -0.2) is 28.5 Å². The molecule has 7 nitrogen and oxygen atoms in total. The monoisotopic (exact) mass is 419 g/mol. The molecule has 0 unspecified atom stereocenters. The van der Waals surface area contributed by atoms with Gasteiger partial charge in [0.2, 0.25) is 0 Å². The molecule has 1 aromatic heterocycles. The predicted octanol–water partition coefficient (Wildman–Crippen LogP) is 2.98. The molecule has 7 heteroatoms. The maximum absolute atomic E-state index is 12.2. The van der Waals surface area contributed by atoms with Crippen LogP contribution in [0.1, 0.15) is 48.7 Å². The largest absolute Gasteiger partial charge is 0.456 e. The lowest BCUT2D eigenvalue weighted by molar-refractivity contribution is -0.148. The summed E-state index contributed by atoms with van der Waals surface area (Å²) < 4.78 is 5.12. The lowest BCUT2D eigenvalue weighted by Gasteiger charge is -2.26. The van der Waals surface area contributed by atoms with Crippen molar-refractivity contribution in [1.82, 2.24) is 15.3 Å². The van der Waals surface area contributed by atoms with E-state index in [-0.39, 0.29) is 30.5 Å². The molecule has 3 aromatic rings. The maximum atomic E-state index is 12.2. The van der Waals surface area contributed by atoms with E-state index in [0.717, 1.165) is 24.8 Å². The lowest BCUT2D eigenvalue weighted by Crippen LogP contribution is -2.34. The molecule has 1 atom stereocenters. The molecular weight excluding hydrogens is 394 g/mol. The Hall–Kier alpha value is -3.48. The zero-order valence-electron chi connectivity index (χ0n) is 17.2. The first-order valence-corrected chi connectivity index (χ1v) is 10.6. The molecule has 31 heavy (non-hydrogen) atoms. The topological polar surface area (TPSA) is 101 Å². The third-order valence-corrected chi connectivity index (χ3v) is 5.53. The van der Waals surface area contributed by atoms with Gasteiger partial charge in [-0.15, -0.1) is 0 Å². The number of carbonyl (C=O) groups is 2. The molecule has 4 rings (SSSR count). The molecule has 0 fully saturated rings. The highest BCUT2D eigenvalue weighted by molar-refractivity contribution is 5.81. The number of para-hydroxylation sites is 1. The van der Waals surface area contributed by atoms with Crippen molar-refractivity contribution in [2.24, 2.45) is 0 Å². The SMILES string of the molecule is O=C(COC(=O)CCCc1nc2ccccc2c(=O)[nH]1)N[C@@H]1CCCc2ccccc21. The van der Waals surface area contributed by atoms with Crippen molar-refractivity contribution in [3.05, 3.63) is 75.8 Å². The molecule has 0 radical (unpaired) electrons. The van der Waals surface area contributed by atoms with Crippen LogP contribution in [0.2, 0.25) is 0 Å². The quantitative estimate of drug-likeness (QED) is 0.574. The van der Waals surface area contributed by atoms with E-state index in [0.29, 0.717) is 29.6 Å². The summed E-state index contributed by atoms with van der Waals surface area (Å²) in [6, 6.07) is 15.2. The van der Waals surface area contributed by atoms with Gasteiger partial charge in [0.15, 0.2) is 6.61 Å². The molecule has 1 aliphatic carbocycles. The Morgan fingerprint density at radius 3 is 2.84 bits per heavy atom. The highest BCUT2D eigenvalue weighted by Gasteiger charge is 2.21. The normalized spacial score (nSPS) is 15.3. The van der Waals surface area contributed by atoms with Crippen molar-refractivity contribution < 1.29 is 14.3 Å². The Balaban J connectivity index is 1.22. The number of nitrogens with one attached hydrogen (secondary N) is 2. The van der Waals surface area contributed by atoms with Crippen LogP contribution in [0.25, 0.3) is 10.9 Å². The molecule has 2 N–H and O–H groups in total. The summed E-state index contributed by atoms with van der Waals surface area (Å²) in [7, 11) is 0. The van der Waals surface area contributed by atoms with Crippen molar-refractivity contribution in [1.29, 1.82) is 0 Å². The fourth-order valence-corrected chi connectivity index (χ4v) is 4.01. The number of H-pyrrole nitrogens is 1. The van der Waals surface area contributed by atoms with E-state index in [1.54, 1.807) is 18.2 Å². The number of rotatable bonds is 7. The molecule has 0 saturated carbocycles. The van der Waals surface area contributed by atoms with Gasteiger partial charge in [-0.05, 0) is 48.9 Å². The van der Waals surface area contributed by atoms with Crippen LogP contribution in [0.3, 0.4) is 0 Å². The molecule has 160 valence electrons. The Labute approximate surface area is 179 Å². The predicted molar refractivity (Wildman–Crippen MR) is 117 cm³/mol. The van der Waals surface area contributed by atoms with E-state index >= 15 is 0 Å². The van der Waals surface area contributed by atoms with Crippen LogP contribution < -0.4 is 10.9 Å². The number of nitrogens with zero attached hydrogens (tertiary/aromatic N) is 1. The van der Waals surface area contributed by atoms with E-state index in [9.17, 15) is 14.4 Å². The van der Waals surface area contributed by atoms with E-state index in [4.69, 9.17) is 4.74 Å². The minimum absolute atomic E-state index is 0.0352. The standard InChI is InChI=1S/C24H25N3O4/c28-22(26-19-12-5-8-16-7-1-2-9-17(16)19)15-31-23(29)14-6-13-21-25-20-11-4-3-10-18(20)24(30)27-21/h1-4,7,9-11,19H,5-6,8,12-15H2,(H,26,28)(H,25,27,30)/t19-/m1/s1. The Bertz CT molecular complexity index is 1150. The first kappa shape index (κ1) is 20.8. The van der Waals surface area contributed by atoms with Gasteiger partial charge in [-0.1, -0.05) is 36.4 Å². The van der Waals surface area contributed by atoms with Gasteiger partial charge >= 0.3 is 5.97 Å². The number of hydrogen-bond acceptors (Lipinski definition) is 5. The number of hydrogen-bond donors (Lipinski definition) is 2. The van der Waals surface area contributed by atoms with Crippen LogP contribution >= 0.6 is 0 Å². The second kappa shape index (κ2) is 9.55. The number of amides is 1. The van der Waals surface area contributed by atoms with Gasteiger partial charge in [0.25, 0.3) is 11.5 Å². The average Bonchev–Trinajstić information content (AvgIpc) is 2.78. The van der Waals surface area contributed by atoms with Gasteiger partial charge < -0.3 is 15.0 Å². The number of carbonyl (C=O) groups excluding carboxylic acids is 2. The first-order chi connectivity index (χ1) is 15.1. The number of esters is 1. The van der Waals surface area contributed by atoms with Gasteiger partial charge in [-0.3, -0.25) is 14.4 Å². The Morgan fingerprint density at radius 1 is 1.13 bits per heavy atom. The summed E-state index contributed by atoms with van der Waals surface area (Å²) in [5.74, 6) is -0.205. The van der Waals surface area contributed by atoms with Crippen LogP contribution in [0.4, 0.5) is 0 Å². The lowest BCUT2D eigenvalue weighted by atomic mass is 9.88. The number of aryl methyl sites for hydroxylation is 2. The summed E-state index contributed by atoms with van der Waals surface area (Å²) in [5.41, 5.74) is 2.84. The van der Waals surface area contributed by atoms with Gasteiger partial charge in [0.1, 0.15) is 5.82 Å². The first-order valence-electron chi connectivity index (χ1n) is 10.6. The smallest absolute Gasteiger partial charge is 0.306 e. The third-order valence-electron chi connectivity index (χ3n) is 5.53. The molecule has 1 amide bonds. The van der Waals surface area contributed by atoms with Crippen molar-refractivity contribution >= 4 is 22.8 Å². The minimum atomic E-state index is -0.442. The van der Waals surface area contributed by atoms with Gasteiger partial charge in [-0.2, -0.15) is 0 Å². The highest BCUT2D eigenvalue weighted by atomic mass is 16.5. The van der Waals surface area contributed by atoms with Gasteiger partial charge in [0, 0.05) is 12.8 Å². The van der Waals surface area contributed by atoms with Crippen molar-refractivity contribution in [2.75, 3.05) is 6.61 Å². The second-order valence-corrected chi connectivity index (χ2v) is 7.76. The number of benzene rings is 2.